The van der Waals surface area contributed by atoms with Crippen LogP contribution in [-0.4, -0.2) is 86.3 Å². The molecule has 0 N–H and O–H groups in total. The zero-order valence-corrected chi connectivity index (χ0v) is 48.2. The number of hydrogen-bond donors (Lipinski definition) is 0. The molecule has 0 unspecified atom stereocenters. The smallest absolute Gasteiger partial charge is 0.136 e. The van der Waals surface area contributed by atoms with E-state index in [9.17, 15) is 0 Å². The van der Waals surface area contributed by atoms with Gasteiger partial charge in [0.2, 0.25) is 0 Å². The van der Waals surface area contributed by atoms with Crippen molar-refractivity contribution in [1.82, 2.24) is 29.9 Å². The minimum atomic E-state index is 0.797. The molecule has 0 atom stereocenters. The molecule has 6 aromatic carbocycles. The van der Waals surface area contributed by atoms with E-state index in [1.807, 2.05) is 157 Å². The quantitative estimate of drug-likeness (QED) is 0.164. The molecule has 0 aliphatic carbocycles. The lowest BCUT2D eigenvalue weighted by molar-refractivity contribution is 1.02. The molecule has 14 nitrogen and oxygen atoms in total. The lowest BCUT2D eigenvalue weighted by atomic mass is 9.94. The number of rotatable bonds is 2. The van der Waals surface area contributed by atoms with E-state index in [0.29, 0.717) is 0 Å². The van der Waals surface area contributed by atoms with Crippen LogP contribution >= 0.6 is 0 Å². The molecule has 16 bridgehead atoms. The van der Waals surface area contributed by atoms with Crippen molar-refractivity contribution in [3.8, 4) is 22.3 Å². The Bertz CT molecular complexity index is 3960. The van der Waals surface area contributed by atoms with Crippen LogP contribution in [0.5, 0.6) is 0 Å². The van der Waals surface area contributed by atoms with Crippen molar-refractivity contribution >= 4 is 114 Å². The van der Waals surface area contributed by atoms with Crippen molar-refractivity contribution in [3.05, 3.63) is 231 Å². The summed E-state index contributed by atoms with van der Waals surface area (Å²) in [6.45, 7) is 0. The van der Waals surface area contributed by atoms with Gasteiger partial charge in [-0.15, -0.1) is 0 Å². The van der Waals surface area contributed by atoms with Gasteiger partial charge < -0.3 is 39.2 Å². The number of benzene rings is 6. The predicted octanol–water partition coefficient (Wildman–Crippen LogP) is 16.2. The Balaban J connectivity index is 0.000000157. The molecule has 14 heteroatoms. The molecular formula is C70H62N14. The summed E-state index contributed by atoms with van der Waals surface area (Å²) in [5.74, 6) is 9.74. The summed E-state index contributed by atoms with van der Waals surface area (Å²) in [6.07, 6.45) is 0. The van der Waals surface area contributed by atoms with E-state index in [1.165, 1.54) is 21.5 Å². The van der Waals surface area contributed by atoms with Crippen LogP contribution in [0.4, 0.5) is 92.6 Å². The maximum Gasteiger partial charge on any atom is 0.136 e. The molecule has 12 aromatic rings. The molecule has 2 aliphatic rings. The van der Waals surface area contributed by atoms with Crippen LogP contribution in [0.25, 0.3) is 43.8 Å². The average Bonchev–Trinajstić information content (AvgIpc) is 3.73. The Hall–Kier alpha value is -10.9. The van der Waals surface area contributed by atoms with Crippen LogP contribution < -0.4 is 39.2 Å². The molecule has 412 valence electrons. The van der Waals surface area contributed by atoms with Crippen molar-refractivity contribution in [3.63, 3.8) is 0 Å². The van der Waals surface area contributed by atoms with E-state index >= 15 is 0 Å². The van der Waals surface area contributed by atoms with E-state index in [4.69, 9.17) is 29.9 Å². The van der Waals surface area contributed by atoms with Gasteiger partial charge in [-0.3, -0.25) is 0 Å². The number of pyridine rings is 6. The normalized spacial score (nSPS) is 13.0. The summed E-state index contributed by atoms with van der Waals surface area (Å²) in [5, 5.41) is 4.77. The second-order valence-corrected chi connectivity index (χ2v) is 21.0. The average molecular weight is 1100 g/mol. The van der Waals surface area contributed by atoms with E-state index in [-0.39, 0.29) is 0 Å². The maximum absolute atomic E-state index is 5.10. The number of anilines is 16. The summed E-state index contributed by atoms with van der Waals surface area (Å²) < 4.78 is 0. The number of fused-ring (bicyclic) bond motifs is 18. The molecule has 84 heavy (non-hydrogen) atoms. The zero-order chi connectivity index (χ0) is 57.6. The molecular weight excluding hydrogens is 1040 g/mol. The van der Waals surface area contributed by atoms with Crippen LogP contribution in [0.2, 0.25) is 0 Å². The first-order valence-corrected chi connectivity index (χ1v) is 27.9. The van der Waals surface area contributed by atoms with Crippen molar-refractivity contribution in [2.24, 2.45) is 0 Å². The van der Waals surface area contributed by atoms with Crippen molar-refractivity contribution in [2.75, 3.05) is 95.6 Å². The van der Waals surface area contributed by atoms with Gasteiger partial charge in [0.1, 0.15) is 69.8 Å². The first kappa shape index (κ1) is 52.5. The van der Waals surface area contributed by atoms with Crippen molar-refractivity contribution in [1.29, 1.82) is 0 Å². The molecule has 0 radical (unpaired) electrons. The third-order valence-corrected chi connectivity index (χ3v) is 16.0. The molecule has 0 saturated carbocycles. The zero-order valence-electron chi connectivity index (χ0n) is 48.2. The fourth-order valence-corrected chi connectivity index (χ4v) is 11.3. The summed E-state index contributed by atoms with van der Waals surface area (Å²) >= 11 is 0. The van der Waals surface area contributed by atoms with Crippen LogP contribution in [0.15, 0.2) is 231 Å². The highest BCUT2D eigenvalue weighted by Gasteiger charge is 2.25. The highest BCUT2D eigenvalue weighted by Crippen LogP contribution is 2.47. The second kappa shape index (κ2) is 21.9. The Labute approximate surface area is 490 Å². The van der Waals surface area contributed by atoms with Gasteiger partial charge in [0.25, 0.3) is 0 Å². The lowest BCUT2D eigenvalue weighted by Gasteiger charge is -2.30. The van der Waals surface area contributed by atoms with E-state index in [2.05, 4.69) is 169 Å². The van der Waals surface area contributed by atoms with Crippen molar-refractivity contribution in [2.45, 2.75) is 0 Å². The monoisotopic (exact) mass is 1100 g/mol. The number of hydrogen-bond acceptors (Lipinski definition) is 14. The molecule has 0 spiro atoms. The Morgan fingerprint density at radius 3 is 0.631 bits per heavy atom. The van der Waals surface area contributed by atoms with Gasteiger partial charge >= 0.3 is 0 Å². The van der Waals surface area contributed by atoms with Gasteiger partial charge in [0.05, 0.1) is 22.7 Å². The van der Waals surface area contributed by atoms with E-state index < -0.39 is 0 Å². The predicted molar refractivity (Wildman–Crippen MR) is 349 cm³/mol. The standard InChI is InChI=1S/2C35H31N7/c2*1-39-27-16-8-17-28(35(27)26-15-7-13-24-12-5-6-14-25(24)26)40(2)30-19-10-21-32(37-30)42(4)34-23-11-22-33(38-34)41(3)31-20-9-18-29(39)36-31/h2*5-23H,1-4H3. The Kier molecular flexibility index (Phi) is 13.7. The molecule has 0 amide bonds. The maximum atomic E-state index is 5.10. The van der Waals surface area contributed by atoms with Gasteiger partial charge in [0.15, 0.2) is 0 Å². The van der Waals surface area contributed by atoms with Gasteiger partial charge in [-0.2, -0.15) is 0 Å². The molecule has 8 heterocycles. The molecule has 6 aromatic heterocycles. The summed E-state index contributed by atoms with van der Waals surface area (Å²) in [4.78, 5) is 47.0. The van der Waals surface area contributed by atoms with Crippen molar-refractivity contribution < 1.29 is 0 Å². The van der Waals surface area contributed by atoms with Crippen LogP contribution in [-0.2, 0) is 0 Å². The molecule has 0 fully saturated rings. The van der Waals surface area contributed by atoms with Gasteiger partial charge in [-0.05, 0) is 130 Å². The Morgan fingerprint density at radius 2 is 0.381 bits per heavy atom. The fourth-order valence-electron chi connectivity index (χ4n) is 11.3. The number of nitrogens with zero attached hydrogens (tertiary/aromatic N) is 14. The minimum Gasteiger partial charge on any atom is -0.329 e. The summed E-state index contributed by atoms with van der Waals surface area (Å²) in [7, 11) is 16.3. The van der Waals surface area contributed by atoms with Gasteiger partial charge in [0, 0.05) is 67.5 Å². The first-order valence-electron chi connectivity index (χ1n) is 27.9. The van der Waals surface area contributed by atoms with Crippen LogP contribution in [0, 0.1) is 0 Å². The minimum absolute atomic E-state index is 0.797. The van der Waals surface area contributed by atoms with E-state index in [1.54, 1.807) is 0 Å². The second-order valence-electron chi connectivity index (χ2n) is 21.0. The summed E-state index contributed by atoms with van der Waals surface area (Å²) in [6, 6.07) is 79.4. The Morgan fingerprint density at radius 1 is 0.190 bits per heavy atom. The topological polar surface area (TPSA) is 103 Å². The highest BCUT2D eigenvalue weighted by molar-refractivity contribution is 6.06. The lowest BCUT2D eigenvalue weighted by Crippen LogP contribution is -2.20. The fraction of sp³-hybridized carbons (Fsp3) is 0.114. The van der Waals surface area contributed by atoms with Crippen LogP contribution in [0.1, 0.15) is 0 Å². The molecule has 0 saturated heterocycles. The van der Waals surface area contributed by atoms with Crippen LogP contribution in [0.3, 0.4) is 0 Å². The molecule has 2 aliphatic heterocycles. The highest BCUT2D eigenvalue weighted by atomic mass is 15.3. The van der Waals surface area contributed by atoms with Gasteiger partial charge in [-0.1, -0.05) is 133 Å². The SMILES string of the molecule is CN1c2cccc(n2)N(C)c2cccc(n2)N(C)c2cccc(c2-c2cccc3ccccc23)N(C)c2cccc1n2.CN1c2cccc(n2)N(C)c2cccc(n2)N(C)c2cccc(c2-c2cccc3ccccc23)N(C)c2cccc1n2. The molecule has 14 rings (SSSR count). The summed E-state index contributed by atoms with van der Waals surface area (Å²) in [5.41, 5.74) is 8.70. The third-order valence-electron chi connectivity index (χ3n) is 16.0. The first-order chi connectivity index (χ1) is 41.0. The van der Waals surface area contributed by atoms with E-state index in [0.717, 1.165) is 115 Å². The third kappa shape index (κ3) is 9.58. The largest absolute Gasteiger partial charge is 0.329 e. The number of aromatic nitrogens is 6. The van der Waals surface area contributed by atoms with Gasteiger partial charge in [-0.25, -0.2) is 29.9 Å².